The molecule has 1 amide bonds. The summed E-state index contributed by atoms with van der Waals surface area (Å²) in [6.45, 7) is 10.3. The third kappa shape index (κ3) is 3.17. The maximum Gasteiger partial charge on any atom is 0.227 e. The number of nitrogens with one attached hydrogen (secondary N) is 1. The molecule has 106 valence electrons. The molecule has 4 heteroatoms. The van der Waals surface area contributed by atoms with E-state index in [2.05, 4.69) is 24.0 Å². The van der Waals surface area contributed by atoms with Crippen LogP contribution in [0, 0.1) is 25.7 Å². The molecule has 1 aliphatic rings. The highest BCUT2D eigenvalue weighted by atomic mass is 16.2. The van der Waals surface area contributed by atoms with Crippen molar-refractivity contribution in [2.45, 2.75) is 47.0 Å². The highest BCUT2D eigenvalue weighted by molar-refractivity contribution is 5.79. The van der Waals surface area contributed by atoms with Crippen LogP contribution in [0.5, 0.6) is 0 Å². The molecule has 19 heavy (non-hydrogen) atoms. The topological polar surface area (TPSA) is 49.0 Å². The molecule has 0 aromatic carbocycles. The van der Waals surface area contributed by atoms with E-state index >= 15 is 0 Å². The Morgan fingerprint density at radius 1 is 1.47 bits per heavy atom. The summed E-state index contributed by atoms with van der Waals surface area (Å²) in [6, 6.07) is 0. The van der Waals surface area contributed by atoms with Gasteiger partial charge in [0.15, 0.2) is 0 Å². The molecule has 1 N–H and O–H groups in total. The molecule has 1 aromatic heterocycles. The van der Waals surface area contributed by atoms with E-state index in [9.17, 15) is 4.79 Å². The van der Waals surface area contributed by atoms with Crippen molar-refractivity contribution in [2.24, 2.45) is 11.8 Å². The number of hydrogen-bond acceptors (Lipinski definition) is 2. The van der Waals surface area contributed by atoms with Crippen LogP contribution in [-0.4, -0.2) is 34.1 Å². The Labute approximate surface area is 115 Å². The zero-order chi connectivity index (χ0) is 14.0. The second-order valence-electron chi connectivity index (χ2n) is 6.08. The van der Waals surface area contributed by atoms with Crippen LogP contribution in [0.2, 0.25) is 0 Å². The Morgan fingerprint density at radius 3 is 2.79 bits per heavy atom. The lowest BCUT2D eigenvalue weighted by Crippen LogP contribution is -2.42. The molecule has 0 bridgehead atoms. The van der Waals surface area contributed by atoms with Gasteiger partial charge in [0.2, 0.25) is 5.91 Å². The number of carbonyl (C=O) groups excluding carboxylic acids is 1. The number of H-pyrrole nitrogens is 1. The molecule has 4 nitrogen and oxygen atoms in total. The largest absolute Gasteiger partial charge is 0.342 e. The maximum atomic E-state index is 12.4. The van der Waals surface area contributed by atoms with E-state index in [1.54, 1.807) is 0 Å². The highest BCUT2D eigenvalue weighted by Crippen LogP contribution is 2.24. The summed E-state index contributed by atoms with van der Waals surface area (Å²) < 4.78 is 0. The average molecular weight is 263 g/mol. The van der Waals surface area contributed by atoms with Gasteiger partial charge in [0, 0.05) is 24.3 Å². The fourth-order valence-corrected chi connectivity index (χ4v) is 2.88. The number of carbonyl (C=O) groups is 1. The number of aryl methyl sites for hydroxylation is 2. The number of rotatable bonds is 3. The van der Waals surface area contributed by atoms with Crippen molar-refractivity contribution in [3.63, 3.8) is 0 Å². The van der Waals surface area contributed by atoms with Gasteiger partial charge in [0.05, 0.1) is 12.1 Å². The van der Waals surface area contributed by atoms with Gasteiger partial charge in [-0.1, -0.05) is 13.8 Å². The predicted octanol–water partition coefficient (Wildman–Crippen LogP) is 2.46. The van der Waals surface area contributed by atoms with E-state index in [0.717, 1.165) is 36.5 Å². The fourth-order valence-electron chi connectivity index (χ4n) is 2.88. The van der Waals surface area contributed by atoms with Crippen LogP contribution in [0.25, 0.3) is 0 Å². The minimum absolute atomic E-state index is 0.248. The number of piperidine rings is 1. The van der Waals surface area contributed by atoms with E-state index in [1.807, 2.05) is 18.7 Å². The van der Waals surface area contributed by atoms with Crippen LogP contribution >= 0.6 is 0 Å². The minimum atomic E-state index is 0.248. The van der Waals surface area contributed by atoms with Crippen molar-refractivity contribution in [1.82, 2.24) is 15.1 Å². The highest BCUT2D eigenvalue weighted by Gasteiger charge is 2.26. The summed E-state index contributed by atoms with van der Waals surface area (Å²) in [5.74, 6) is 1.56. The van der Waals surface area contributed by atoms with Gasteiger partial charge in [-0.3, -0.25) is 9.89 Å². The van der Waals surface area contributed by atoms with Crippen LogP contribution in [0.3, 0.4) is 0 Å². The van der Waals surface area contributed by atoms with Crippen molar-refractivity contribution < 1.29 is 4.79 Å². The Bertz CT molecular complexity index is 431. The van der Waals surface area contributed by atoms with E-state index in [-0.39, 0.29) is 5.91 Å². The second-order valence-corrected chi connectivity index (χ2v) is 6.08. The molecular formula is C15H25N3O. The third-order valence-corrected chi connectivity index (χ3v) is 4.36. The Hall–Kier alpha value is -1.32. The normalized spacial score (nSPS) is 20.1. The molecular weight excluding hydrogens is 238 g/mol. The molecule has 2 heterocycles. The van der Waals surface area contributed by atoms with Crippen molar-refractivity contribution in [3.05, 3.63) is 17.0 Å². The molecule has 1 aliphatic heterocycles. The first-order valence-electron chi connectivity index (χ1n) is 7.27. The molecule has 1 fully saturated rings. The molecule has 1 saturated heterocycles. The van der Waals surface area contributed by atoms with Gasteiger partial charge in [-0.25, -0.2) is 0 Å². The van der Waals surface area contributed by atoms with Crippen LogP contribution < -0.4 is 0 Å². The molecule has 0 spiro atoms. The van der Waals surface area contributed by atoms with Gasteiger partial charge in [-0.05, 0) is 38.5 Å². The van der Waals surface area contributed by atoms with Crippen molar-refractivity contribution in [1.29, 1.82) is 0 Å². The van der Waals surface area contributed by atoms with Gasteiger partial charge in [-0.2, -0.15) is 5.10 Å². The van der Waals surface area contributed by atoms with E-state index in [0.29, 0.717) is 18.3 Å². The van der Waals surface area contributed by atoms with Crippen molar-refractivity contribution in [3.8, 4) is 0 Å². The first kappa shape index (κ1) is 14.1. The quantitative estimate of drug-likeness (QED) is 0.910. The Morgan fingerprint density at radius 2 is 2.21 bits per heavy atom. The van der Waals surface area contributed by atoms with E-state index in [1.165, 1.54) is 6.42 Å². The summed E-state index contributed by atoms with van der Waals surface area (Å²) in [7, 11) is 0. The van der Waals surface area contributed by atoms with Gasteiger partial charge >= 0.3 is 0 Å². The molecule has 2 rings (SSSR count). The Balaban J connectivity index is 2.00. The average Bonchev–Trinajstić information content (AvgIpc) is 2.70. The molecule has 1 aromatic rings. The molecule has 0 saturated carbocycles. The minimum Gasteiger partial charge on any atom is -0.342 e. The number of amides is 1. The molecule has 1 atom stereocenters. The van der Waals surface area contributed by atoms with Gasteiger partial charge in [0.25, 0.3) is 0 Å². The monoisotopic (exact) mass is 263 g/mol. The smallest absolute Gasteiger partial charge is 0.227 e. The summed E-state index contributed by atoms with van der Waals surface area (Å²) in [4.78, 5) is 14.5. The Kier molecular flexibility index (Phi) is 4.27. The standard InChI is InChI=1S/C15H25N3O/c1-10(2)13-6-5-7-18(9-13)15(19)8-14-11(3)16-17-12(14)4/h10,13H,5-9H2,1-4H3,(H,16,17). The lowest BCUT2D eigenvalue weighted by molar-refractivity contribution is -0.132. The van der Waals surface area contributed by atoms with Crippen LogP contribution in [0.1, 0.15) is 43.6 Å². The third-order valence-electron chi connectivity index (χ3n) is 4.36. The number of aromatic amines is 1. The molecule has 0 radical (unpaired) electrons. The van der Waals surface area contributed by atoms with Crippen LogP contribution in [0.4, 0.5) is 0 Å². The molecule has 0 aliphatic carbocycles. The van der Waals surface area contributed by atoms with Gasteiger partial charge < -0.3 is 4.90 Å². The summed E-state index contributed by atoms with van der Waals surface area (Å²) >= 11 is 0. The summed E-state index contributed by atoms with van der Waals surface area (Å²) in [6.07, 6.45) is 2.88. The van der Waals surface area contributed by atoms with Gasteiger partial charge in [-0.15, -0.1) is 0 Å². The second kappa shape index (κ2) is 5.76. The number of nitrogens with zero attached hydrogens (tertiary/aromatic N) is 2. The first-order chi connectivity index (χ1) is 8.99. The summed E-state index contributed by atoms with van der Waals surface area (Å²) in [5, 5.41) is 7.11. The zero-order valence-electron chi connectivity index (χ0n) is 12.5. The number of hydrogen-bond donors (Lipinski definition) is 1. The lowest BCUT2D eigenvalue weighted by atomic mass is 9.87. The van der Waals surface area contributed by atoms with Gasteiger partial charge in [0.1, 0.15) is 0 Å². The van der Waals surface area contributed by atoms with Crippen LogP contribution in [0.15, 0.2) is 0 Å². The number of aromatic nitrogens is 2. The zero-order valence-corrected chi connectivity index (χ0v) is 12.5. The van der Waals surface area contributed by atoms with E-state index < -0.39 is 0 Å². The van der Waals surface area contributed by atoms with E-state index in [4.69, 9.17) is 0 Å². The maximum absolute atomic E-state index is 12.4. The molecule has 1 unspecified atom stereocenters. The fraction of sp³-hybridized carbons (Fsp3) is 0.733. The van der Waals surface area contributed by atoms with Crippen LogP contribution in [-0.2, 0) is 11.2 Å². The predicted molar refractivity (Wildman–Crippen MR) is 75.9 cm³/mol. The number of likely N-dealkylation sites (tertiary alicyclic amines) is 1. The SMILES string of the molecule is Cc1n[nH]c(C)c1CC(=O)N1CCCC(C(C)C)C1. The van der Waals surface area contributed by atoms with Crippen molar-refractivity contribution in [2.75, 3.05) is 13.1 Å². The lowest BCUT2D eigenvalue weighted by Gasteiger charge is -2.35. The summed E-state index contributed by atoms with van der Waals surface area (Å²) in [5.41, 5.74) is 3.03. The first-order valence-corrected chi connectivity index (χ1v) is 7.27. The van der Waals surface area contributed by atoms with Crippen molar-refractivity contribution >= 4 is 5.91 Å².